The van der Waals surface area contributed by atoms with Crippen LogP contribution in [-0.2, 0) is 0 Å². The molecule has 0 bridgehead atoms. The van der Waals surface area contributed by atoms with Gasteiger partial charge in [-0.1, -0.05) is 18.2 Å². The van der Waals surface area contributed by atoms with Crippen molar-refractivity contribution in [2.75, 3.05) is 5.32 Å². The Kier molecular flexibility index (Phi) is 3.74. The van der Waals surface area contributed by atoms with Crippen LogP contribution in [0.5, 0.6) is 11.5 Å². The Morgan fingerprint density at radius 2 is 1.90 bits per heavy atom. The molecule has 0 fully saturated rings. The number of rotatable bonds is 4. The van der Waals surface area contributed by atoms with Crippen LogP contribution >= 0.6 is 0 Å². The Balaban J connectivity index is 2.31. The van der Waals surface area contributed by atoms with Crippen molar-refractivity contribution < 1.29 is 15.1 Å². The molecule has 0 aliphatic heterocycles. The first-order chi connectivity index (χ1) is 9.49. The molecule has 1 atom stereocenters. The highest BCUT2D eigenvalue weighted by Crippen LogP contribution is 2.33. The van der Waals surface area contributed by atoms with Gasteiger partial charge in [-0.05, 0) is 25.1 Å². The van der Waals surface area contributed by atoms with E-state index in [-0.39, 0.29) is 28.9 Å². The molecule has 0 radical (unpaired) electrons. The van der Waals surface area contributed by atoms with E-state index in [1.54, 1.807) is 31.2 Å². The third kappa shape index (κ3) is 2.80. The lowest BCUT2D eigenvalue weighted by molar-refractivity contribution is -0.384. The molecule has 0 aliphatic rings. The van der Waals surface area contributed by atoms with Gasteiger partial charge in [0.15, 0.2) is 0 Å². The lowest BCUT2D eigenvalue weighted by Crippen LogP contribution is -2.08. The van der Waals surface area contributed by atoms with Gasteiger partial charge in [0, 0.05) is 5.56 Å². The summed E-state index contributed by atoms with van der Waals surface area (Å²) in [6, 6.07) is 10.3. The summed E-state index contributed by atoms with van der Waals surface area (Å²) in [7, 11) is 0. The topological polar surface area (TPSA) is 95.6 Å². The van der Waals surface area contributed by atoms with E-state index in [0.717, 1.165) is 6.07 Å². The molecule has 104 valence electrons. The van der Waals surface area contributed by atoms with E-state index in [9.17, 15) is 20.3 Å². The lowest BCUT2D eigenvalue weighted by atomic mass is 10.1. The van der Waals surface area contributed by atoms with Gasteiger partial charge in [-0.15, -0.1) is 0 Å². The van der Waals surface area contributed by atoms with Crippen LogP contribution in [0.25, 0.3) is 0 Å². The molecule has 6 nitrogen and oxygen atoms in total. The fourth-order valence-corrected chi connectivity index (χ4v) is 1.96. The summed E-state index contributed by atoms with van der Waals surface area (Å²) >= 11 is 0. The number of aromatic hydroxyl groups is 2. The molecule has 0 saturated heterocycles. The van der Waals surface area contributed by atoms with E-state index in [1.165, 1.54) is 12.1 Å². The zero-order valence-electron chi connectivity index (χ0n) is 10.8. The SMILES string of the molecule is CC(Nc1ccc(O)cc1[N+](=O)[O-])c1ccccc1O. The summed E-state index contributed by atoms with van der Waals surface area (Å²) in [5.41, 5.74) is 0.700. The predicted octanol–water partition coefficient (Wildman–Crippen LogP) is 3.18. The van der Waals surface area contributed by atoms with Crippen molar-refractivity contribution in [3.8, 4) is 11.5 Å². The maximum Gasteiger partial charge on any atom is 0.296 e. The Morgan fingerprint density at radius 3 is 2.55 bits per heavy atom. The van der Waals surface area contributed by atoms with Gasteiger partial charge >= 0.3 is 0 Å². The van der Waals surface area contributed by atoms with E-state index in [4.69, 9.17) is 0 Å². The van der Waals surface area contributed by atoms with Gasteiger partial charge in [0.1, 0.15) is 17.2 Å². The van der Waals surface area contributed by atoms with Gasteiger partial charge in [0.25, 0.3) is 5.69 Å². The molecular weight excluding hydrogens is 260 g/mol. The number of phenolic OH excluding ortho intramolecular Hbond substituents is 2. The van der Waals surface area contributed by atoms with Crippen LogP contribution in [0.4, 0.5) is 11.4 Å². The van der Waals surface area contributed by atoms with Gasteiger partial charge in [-0.25, -0.2) is 0 Å². The first kappa shape index (κ1) is 13.7. The quantitative estimate of drug-likeness (QED) is 0.452. The molecule has 0 aromatic heterocycles. The van der Waals surface area contributed by atoms with Crippen LogP contribution in [0, 0.1) is 10.1 Å². The molecule has 0 heterocycles. The standard InChI is InChI=1S/C14H14N2O4/c1-9(11-4-2-3-5-14(11)18)15-12-7-6-10(17)8-13(12)16(19)20/h2-9,15,17-18H,1H3. The fourth-order valence-electron chi connectivity index (χ4n) is 1.96. The van der Waals surface area contributed by atoms with Gasteiger partial charge in [-0.2, -0.15) is 0 Å². The van der Waals surface area contributed by atoms with Gasteiger partial charge < -0.3 is 15.5 Å². The Morgan fingerprint density at radius 1 is 1.20 bits per heavy atom. The van der Waals surface area contributed by atoms with E-state index >= 15 is 0 Å². The van der Waals surface area contributed by atoms with Gasteiger partial charge in [-0.3, -0.25) is 10.1 Å². The highest BCUT2D eigenvalue weighted by atomic mass is 16.6. The zero-order chi connectivity index (χ0) is 14.7. The molecule has 6 heteroatoms. The molecule has 0 saturated carbocycles. The second-order valence-corrected chi connectivity index (χ2v) is 4.38. The Hall–Kier alpha value is -2.76. The number of nitrogens with zero attached hydrogens (tertiary/aromatic N) is 1. The summed E-state index contributed by atoms with van der Waals surface area (Å²) in [6.07, 6.45) is 0. The largest absolute Gasteiger partial charge is 0.508 e. The highest BCUT2D eigenvalue weighted by molar-refractivity contribution is 5.64. The van der Waals surface area contributed by atoms with Gasteiger partial charge in [0.05, 0.1) is 17.0 Å². The lowest BCUT2D eigenvalue weighted by Gasteiger charge is -2.16. The van der Waals surface area contributed by atoms with Crippen molar-refractivity contribution in [2.45, 2.75) is 13.0 Å². The van der Waals surface area contributed by atoms with Gasteiger partial charge in [0.2, 0.25) is 0 Å². The van der Waals surface area contributed by atoms with Crippen molar-refractivity contribution in [3.63, 3.8) is 0 Å². The van der Waals surface area contributed by atoms with Crippen LogP contribution in [0.3, 0.4) is 0 Å². The number of hydrogen-bond donors (Lipinski definition) is 3. The van der Waals surface area contributed by atoms with E-state index in [0.29, 0.717) is 5.56 Å². The Bertz CT molecular complexity index is 643. The first-order valence-corrected chi connectivity index (χ1v) is 6.01. The Labute approximate surface area is 115 Å². The average molecular weight is 274 g/mol. The number of nitro benzene ring substituents is 1. The number of nitro groups is 1. The van der Waals surface area contributed by atoms with Crippen LogP contribution in [0.1, 0.15) is 18.5 Å². The molecule has 1 unspecified atom stereocenters. The van der Waals surface area contributed by atoms with Crippen LogP contribution in [0.2, 0.25) is 0 Å². The predicted molar refractivity (Wildman–Crippen MR) is 74.9 cm³/mol. The first-order valence-electron chi connectivity index (χ1n) is 6.01. The normalized spacial score (nSPS) is 11.8. The second kappa shape index (κ2) is 5.48. The van der Waals surface area contributed by atoms with Crippen molar-refractivity contribution in [3.05, 3.63) is 58.1 Å². The molecule has 2 rings (SSSR count). The molecule has 2 aromatic carbocycles. The smallest absolute Gasteiger partial charge is 0.296 e. The van der Waals surface area contributed by atoms with Crippen LogP contribution < -0.4 is 5.32 Å². The third-order valence-electron chi connectivity index (χ3n) is 2.95. The maximum absolute atomic E-state index is 11.0. The monoisotopic (exact) mass is 274 g/mol. The van der Waals surface area contributed by atoms with Crippen molar-refractivity contribution in [1.82, 2.24) is 0 Å². The molecular formula is C14H14N2O4. The average Bonchev–Trinajstić information content (AvgIpc) is 2.41. The van der Waals surface area contributed by atoms with Crippen LogP contribution in [0.15, 0.2) is 42.5 Å². The van der Waals surface area contributed by atoms with Crippen molar-refractivity contribution >= 4 is 11.4 Å². The fraction of sp³-hybridized carbons (Fsp3) is 0.143. The summed E-state index contributed by atoms with van der Waals surface area (Å²) in [5, 5.41) is 33.0. The number of nitrogens with one attached hydrogen (secondary N) is 1. The third-order valence-corrected chi connectivity index (χ3v) is 2.95. The second-order valence-electron chi connectivity index (χ2n) is 4.38. The molecule has 20 heavy (non-hydrogen) atoms. The molecule has 0 amide bonds. The minimum absolute atomic E-state index is 0.119. The minimum Gasteiger partial charge on any atom is -0.508 e. The van der Waals surface area contributed by atoms with E-state index in [1.807, 2.05) is 0 Å². The molecule has 0 spiro atoms. The highest BCUT2D eigenvalue weighted by Gasteiger charge is 2.18. The number of phenols is 2. The summed E-state index contributed by atoms with van der Waals surface area (Å²) in [5.74, 6) is -0.0496. The van der Waals surface area contributed by atoms with Crippen molar-refractivity contribution in [1.29, 1.82) is 0 Å². The zero-order valence-corrected chi connectivity index (χ0v) is 10.8. The number of hydrogen-bond acceptors (Lipinski definition) is 5. The van der Waals surface area contributed by atoms with E-state index in [2.05, 4.69) is 5.32 Å². The number of benzene rings is 2. The molecule has 0 aliphatic carbocycles. The molecule has 3 N–H and O–H groups in total. The number of anilines is 1. The summed E-state index contributed by atoms with van der Waals surface area (Å²) in [4.78, 5) is 10.4. The maximum atomic E-state index is 11.0. The van der Waals surface area contributed by atoms with Crippen LogP contribution in [-0.4, -0.2) is 15.1 Å². The number of para-hydroxylation sites is 1. The molecule has 2 aromatic rings. The minimum atomic E-state index is -0.570. The van der Waals surface area contributed by atoms with E-state index < -0.39 is 4.92 Å². The summed E-state index contributed by atoms with van der Waals surface area (Å²) in [6.45, 7) is 1.78. The van der Waals surface area contributed by atoms with Crippen molar-refractivity contribution in [2.24, 2.45) is 0 Å². The summed E-state index contributed by atoms with van der Waals surface area (Å²) < 4.78 is 0.